The Balaban J connectivity index is 1.55. The summed E-state index contributed by atoms with van der Waals surface area (Å²) >= 11 is 0. The molecule has 5 rings (SSSR count). The maximum absolute atomic E-state index is 6.14. The zero-order valence-electron chi connectivity index (χ0n) is 17.4. The van der Waals surface area contributed by atoms with Gasteiger partial charge in [-0.1, -0.05) is 17.3 Å². The van der Waals surface area contributed by atoms with Crippen LogP contribution in [-0.2, 0) is 4.74 Å². The number of rotatable bonds is 4. The monoisotopic (exact) mass is 404 g/mol. The van der Waals surface area contributed by atoms with Gasteiger partial charge in [0.2, 0.25) is 0 Å². The summed E-state index contributed by atoms with van der Waals surface area (Å²) < 4.78 is 11.0. The van der Waals surface area contributed by atoms with Gasteiger partial charge in [0.15, 0.2) is 5.76 Å². The van der Waals surface area contributed by atoms with E-state index in [0.717, 1.165) is 55.0 Å². The molecule has 2 aliphatic heterocycles. The molecule has 2 saturated heterocycles. The van der Waals surface area contributed by atoms with Crippen LogP contribution in [0.15, 0.2) is 41.1 Å². The van der Waals surface area contributed by atoms with E-state index in [9.17, 15) is 0 Å². The predicted molar refractivity (Wildman–Crippen MR) is 117 cm³/mol. The van der Waals surface area contributed by atoms with E-state index in [0.29, 0.717) is 23.5 Å². The smallest absolute Gasteiger partial charge is 0.170 e. The van der Waals surface area contributed by atoms with Crippen LogP contribution in [0.25, 0.3) is 22.5 Å². The van der Waals surface area contributed by atoms with Crippen LogP contribution >= 0.6 is 0 Å². The van der Waals surface area contributed by atoms with Gasteiger partial charge in [0, 0.05) is 37.1 Å². The zero-order valence-corrected chi connectivity index (χ0v) is 17.4. The third-order valence-electron chi connectivity index (χ3n) is 6.33. The highest BCUT2D eigenvalue weighted by atomic mass is 16.5. The summed E-state index contributed by atoms with van der Waals surface area (Å²) in [5.41, 5.74) is 12.8. The van der Waals surface area contributed by atoms with Crippen molar-refractivity contribution in [2.24, 2.45) is 0 Å². The van der Waals surface area contributed by atoms with Crippen molar-refractivity contribution in [1.82, 2.24) is 15.5 Å². The molecule has 0 spiro atoms. The highest BCUT2D eigenvalue weighted by Crippen LogP contribution is 2.38. The second-order valence-electron chi connectivity index (χ2n) is 8.37. The standard InChI is InChI=1S/C24H28N4O2/c1-15-11-23(30-28-15)21-13-18(14-27-24(21)25)17-4-5-19(16-6-9-29-10-7-16)20(12-17)22-3-2-8-26-22/h4-5,11-14,16,22,26H,2-3,6-10H2,1H3,(H2,25,27)/t22-/m0/s1. The van der Waals surface area contributed by atoms with Crippen LogP contribution in [0.5, 0.6) is 0 Å². The lowest BCUT2D eigenvalue weighted by molar-refractivity contribution is 0.0851. The van der Waals surface area contributed by atoms with E-state index in [1.807, 2.05) is 19.2 Å². The molecule has 2 aliphatic rings. The molecular weight excluding hydrogens is 376 g/mol. The molecule has 2 fully saturated rings. The van der Waals surface area contributed by atoms with Crippen LogP contribution in [0.2, 0.25) is 0 Å². The summed E-state index contributed by atoms with van der Waals surface area (Å²) in [4.78, 5) is 4.44. The first-order valence-corrected chi connectivity index (χ1v) is 10.8. The molecular formula is C24H28N4O2. The minimum Gasteiger partial charge on any atom is -0.383 e. The van der Waals surface area contributed by atoms with Crippen LogP contribution in [0.4, 0.5) is 5.82 Å². The molecule has 3 aromatic rings. The van der Waals surface area contributed by atoms with Crippen molar-refractivity contribution >= 4 is 5.82 Å². The topological polar surface area (TPSA) is 86.2 Å². The molecule has 0 saturated carbocycles. The van der Waals surface area contributed by atoms with Gasteiger partial charge in [-0.3, -0.25) is 0 Å². The van der Waals surface area contributed by atoms with E-state index < -0.39 is 0 Å². The summed E-state index contributed by atoms with van der Waals surface area (Å²) in [6, 6.07) is 11.2. The third kappa shape index (κ3) is 3.73. The highest BCUT2D eigenvalue weighted by Gasteiger charge is 2.25. The summed E-state index contributed by atoms with van der Waals surface area (Å²) in [5.74, 6) is 1.67. The zero-order chi connectivity index (χ0) is 20.5. The molecule has 0 radical (unpaired) electrons. The number of nitrogen functional groups attached to an aromatic ring is 1. The Labute approximate surface area is 176 Å². The van der Waals surface area contributed by atoms with Crippen molar-refractivity contribution < 1.29 is 9.26 Å². The molecule has 0 aliphatic carbocycles. The van der Waals surface area contributed by atoms with Crippen molar-refractivity contribution in [3.8, 4) is 22.5 Å². The van der Waals surface area contributed by atoms with Crippen molar-refractivity contribution in [2.75, 3.05) is 25.5 Å². The van der Waals surface area contributed by atoms with Gasteiger partial charge in [0.25, 0.3) is 0 Å². The summed E-state index contributed by atoms with van der Waals surface area (Å²) in [6.45, 7) is 4.69. The predicted octanol–water partition coefficient (Wildman–Crippen LogP) is 4.61. The van der Waals surface area contributed by atoms with Crippen LogP contribution in [-0.4, -0.2) is 29.9 Å². The lowest BCUT2D eigenvalue weighted by Crippen LogP contribution is -2.19. The van der Waals surface area contributed by atoms with E-state index >= 15 is 0 Å². The van der Waals surface area contributed by atoms with E-state index in [4.69, 9.17) is 15.0 Å². The first kappa shape index (κ1) is 19.3. The van der Waals surface area contributed by atoms with Gasteiger partial charge in [-0.25, -0.2) is 4.98 Å². The van der Waals surface area contributed by atoms with Gasteiger partial charge >= 0.3 is 0 Å². The Morgan fingerprint density at radius 3 is 2.63 bits per heavy atom. The lowest BCUT2D eigenvalue weighted by atomic mass is 9.84. The molecule has 2 aromatic heterocycles. The molecule has 0 bridgehead atoms. The third-order valence-corrected chi connectivity index (χ3v) is 6.33. The number of pyridine rings is 1. The fourth-order valence-corrected chi connectivity index (χ4v) is 4.71. The van der Waals surface area contributed by atoms with E-state index in [-0.39, 0.29) is 0 Å². The minimum atomic E-state index is 0.418. The number of hydrogen-bond donors (Lipinski definition) is 2. The number of nitrogens with two attached hydrogens (primary N) is 1. The van der Waals surface area contributed by atoms with E-state index in [1.54, 1.807) is 0 Å². The molecule has 156 valence electrons. The molecule has 4 heterocycles. The number of anilines is 1. The largest absolute Gasteiger partial charge is 0.383 e. The number of aryl methyl sites for hydroxylation is 1. The first-order valence-electron chi connectivity index (χ1n) is 10.8. The van der Waals surface area contributed by atoms with Crippen molar-refractivity contribution in [1.29, 1.82) is 0 Å². The van der Waals surface area contributed by atoms with E-state index in [1.165, 1.54) is 24.0 Å². The summed E-state index contributed by atoms with van der Waals surface area (Å²) in [7, 11) is 0. The molecule has 1 aromatic carbocycles. The van der Waals surface area contributed by atoms with Gasteiger partial charge < -0.3 is 20.3 Å². The molecule has 3 N–H and O–H groups in total. The second kappa shape index (κ2) is 8.20. The number of aromatic nitrogens is 2. The SMILES string of the molecule is Cc1cc(-c2cc(-c3ccc(C4CCOCC4)c([C@@H]4CCCN4)c3)cnc2N)on1. The molecule has 6 heteroatoms. The molecule has 30 heavy (non-hydrogen) atoms. The van der Waals surface area contributed by atoms with Crippen LogP contribution in [0.1, 0.15) is 54.5 Å². The van der Waals surface area contributed by atoms with Crippen molar-refractivity contribution in [3.05, 3.63) is 53.3 Å². The van der Waals surface area contributed by atoms with E-state index in [2.05, 4.69) is 39.7 Å². The summed E-state index contributed by atoms with van der Waals surface area (Å²) in [6.07, 6.45) is 6.44. The number of nitrogens with one attached hydrogen (secondary N) is 1. The normalized spacial score (nSPS) is 20.0. The van der Waals surface area contributed by atoms with Crippen molar-refractivity contribution in [2.45, 2.75) is 44.6 Å². The van der Waals surface area contributed by atoms with Gasteiger partial charge in [0.1, 0.15) is 5.82 Å². The Morgan fingerprint density at radius 2 is 1.90 bits per heavy atom. The maximum Gasteiger partial charge on any atom is 0.170 e. The first-order chi connectivity index (χ1) is 14.7. The Bertz CT molecular complexity index is 1030. The Kier molecular flexibility index (Phi) is 5.27. The molecule has 6 nitrogen and oxygen atoms in total. The second-order valence-corrected chi connectivity index (χ2v) is 8.37. The highest BCUT2D eigenvalue weighted by molar-refractivity contribution is 5.77. The van der Waals surface area contributed by atoms with Crippen LogP contribution < -0.4 is 11.1 Å². The fraction of sp³-hybridized carbons (Fsp3) is 0.417. The average Bonchev–Trinajstić information content (AvgIpc) is 3.46. The number of ether oxygens (including phenoxy) is 1. The maximum atomic E-state index is 6.14. The van der Waals surface area contributed by atoms with Crippen LogP contribution in [0.3, 0.4) is 0 Å². The Morgan fingerprint density at radius 1 is 1.03 bits per heavy atom. The number of nitrogens with zero attached hydrogens (tertiary/aromatic N) is 2. The van der Waals surface area contributed by atoms with Gasteiger partial charge in [-0.15, -0.1) is 0 Å². The summed E-state index contributed by atoms with van der Waals surface area (Å²) in [5, 5.41) is 7.68. The van der Waals surface area contributed by atoms with Crippen LogP contribution in [0, 0.1) is 6.92 Å². The van der Waals surface area contributed by atoms with Gasteiger partial charge in [0.05, 0.1) is 11.3 Å². The molecule has 1 atom stereocenters. The quantitative estimate of drug-likeness (QED) is 0.660. The minimum absolute atomic E-state index is 0.418. The fourth-order valence-electron chi connectivity index (χ4n) is 4.71. The molecule has 0 unspecified atom stereocenters. The Hall–Kier alpha value is -2.70. The van der Waals surface area contributed by atoms with Gasteiger partial charge in [-0.05, 0) is 73.9 Å². The lowest BCUT2D eigenvalue weighted by Gasteiger charge is -2.27. The average molecular weight is 405 g/mol. The number of hydrogen-bond acceptors (Lipinski definition) is 6. The van der Waals surface area contributed by atoms with Gasteiger partial charge in [-0.2, -0.15) is 0 Å². The van der Waals surface area contributed by atoms with Crippen molar-refractivity contribution in [3.63, 3.8) is 0 Å². The molecule has 0 amide bonds. The number of benzene rings is 1.